The van der Waals surface area contributed by atoms with Crippen LogP contribution >= 0.6 is 0 Å². The lowest BCUT2D eigenvalue weighted by atomic mass is 10.1. The Kier molecular flexibility index (Phi) is 8.32. The van der Waals surface area contributed by atoms with Crippen LogP contribution in [0, 0.1) is 10.1 Å². The van der Waals surface area contributed by atoms with Gasteiger partial charge in [0.25, 0.3) is 5.69 Å². The first kappa shape index (κ1) is 25.8. The molecule has 2 heterocycles. The summed E-state index contributed by atoms with van der Waals surface area (Å²) < 4.78 is 18.2. The van der Waals surface area contributed by atoms with Crippen LogP contribution in [-0.4, -0.2) is 73.1 Å². The number of likely N-dealkylation sites (tertiary alicyclic amines) is 2. The largest absolute Gasteiger partial charge is 0.445 e. The van der Waals surface area contributed by atoms with Gasteiger partial charge >= 0.3 is 6.09 Å². The summed E-state index contributed by atoms with van der Waals surface area (Å²) in [6.45, 7) is 1.000. The molecule has 2 aliphatic heterocycles. The van der Waals surface area contributed by atoms with E-state index >= 15 is 0 Å². The number of ether oxygens (including phenoxy) is 1. The Labute approximate surface area is 211 Å². The number of rotatable bonds is 8. The molecule has 2 saturated heterocycles. The lowest BCUT2D eigenvalue weighted by Crippen LogP contribution is -2.52. The maximum Gasteiger partial charge on any atom is 0.410 e. The zero-order valence-electron chi connectivity index (χ0n) is 19.7. The van der Waals surface area contributed by atoms with Crippen molar-refractivity contribution in [1.29, 1.82) is 0 Å². The summed E-state index contributed by atoms with van der Waals surface area (Å²) in [6, 6.07) is 13.5. The fourth-order valence-corrected chi connectivity index (χ4v) is 5.95. The molecule has 4 atom stereocenters. The fourth-order valence-electron chi connectivity index (χ4n) is 4.78. The van der Waals surface area contributed by atoms with E-state index in [4.69, 9.17) is 4.74 Å². The fraction of sp³-hybridized carbons (Fsp3) is 0.440. The summed E-state index contributed by atoms with van der Waals surface area (Å²) in [5.74, 6) is -0.327. The minimum atomic E-state index is -1.59. The highest BCUT2D eigenvalue weighted by molar-refractivity contribution is 7.85. The van der Waals surface area contributed by atoms with Crippen LogP contribution in [-0.2, 0) is 26.9 Å². The van der Waals surface area contributed by atoms with Crippen LogP contribution in [0.5, 0.6) is 0 Å². The molecular weight excluding hydrogens is 486 g/mol. The zero-order chi connectivity index (χ0) is 25.7. The van der Waals surface area contributed by atoms with Gasteiger partial charge in [-0.05, 0) is 43.4 Å². The van der Waals surface area contributed by atoms with Crippen molar-refractivity contribution in [1.82, 2.24) is 9.80 Å². The van der Waals surface area contributed by atoms with Crippen LogP contribution in [0.25, 0.3) is 0 Å². The molecule has 2 aromatic rings. The molecule has 2 unspecified atom stereocenters. The molecule has 0 bridgehead atoms. The molecule has 2 aromatic carbocycles. The predicted molar refractivity (Wildman–Crippen MR) is 131 cm³/mol. The molecule has 1 N–H and O–H groups in total. The van der Waals surface area contributed by atoms with E-state index in [2.05, 4.69) is 0 Å². The lowest BCUT2D eigenvalue weighted by Gasteiger charge is -2.33. The van der Waals surface area contributed by atoms with Gasteiger partial charge in [-0.1, -0.05) is 30.3 Å². The molecule has 0 aromatic heterocycles. The number of nitro benzene ring substituents is 1. The quantitative estimate of drug-likeness (QED) is 0.423. The summed E-state index contributed by atoms with van der Waals surface area (Å²) in [4.78, 5) is 39.9. The highest BCUT2D eigenvalue weighted by Crippen LogP contribution is 2.28. The second-order valence-corrected chi connectivity index (χ2v) is 10.5. The van der Waals surface area contributed by atoms with Gasteiger partial charge in [0.1, 0.15) is 12.6 Å². The Hall–Kier alpha value is -3.31. The highest BCUT2D eigenvalue weighted by Gasteiger charge is 2.42. The Morgan fingerprint density at radius 1 is 1.06 bits per heavy atom. The number of nitrogens with zero attached hydrogens (tertiary/aromatic N) is 3. The van der Waals surface area contributed by atoms with Crippen molar-refractivity contribution in [2.75, 3.05) is 18.8 Å². The van der Waals surface area contributed by atoms with Gasteiger partial charge in [0.2, 0.25) is 5.91 Å². The standard InChI is InChI=1S/C25H29N3O7S/c29-23(17-36(34)20-12-10-19(11-13-20)28(32)33)21-8-4-14-26(21)24(30)22-9-5-15-27(22)25(31)35-16-18-6-2-1-3-7-18/h1-3,6-7,10-13,21-23,29H,4-5,8-9,14-17H2/t21-,22-,23?,36?/m0/s1. The molecule has 36 heavy (non-hydrogen) atoms. The second kappa shape index (κ2) is 11.6. The van der Waals surface area contributed by atoms with Gasteiger partial charge < -0.3 is 14.7 Å². The van der Waals surface area contributed by atoms with Crippen molar-refractivity contribution in [2.24, 2.45) is 0 Å². The zero-order valence-corrected chi connectivity index (χ0v) is 20.5. The topological polar surface area (TPSA) is 130 Å². The number of nitro groups is 1. The smallest absolute Gasteiger partial charge is 0.410 e. The second-order valence-electron chi connectivity index (χ2n) is 8.96. The lowest BCUT2D eigenvalue weighted by molar-refractivity contribution is -0.384. The van der Waals surface area contributed by atoms with Crippen LogP contribution in [0.1, 0.15) is 31.2 Å². The number of aliphatic hydroxyl groups excluding tert-OH is 1. The summed E-state index contributed by atoms with van der Waals surface area (Å²) in [6.07, 6.45) is 0.894. The SMILES string of the molecule is O=C(OCc1ccccc1)N1CCC[C@H]1C(=O)N1CCC[C@H]1C(O)CS(=O)c1ccc([N+](=O)[O-])cc1. The average molecular weight is 516 g/mol. The average Bonchev–Trinajstić information content (AvgIpc) is 3.58. The van der Waals surface area contributed by atoms with E-state index in [1.165, 1.54) is 29.2 Å². The number of amides is 2. The van der Waals surface area contributed by atoms with E-state index in [1.54, 1.807) is 4.90 Å². The molecular formula is C25H29N3O7S. The van der Waals surface area contributed by atoms with Crippen LogP contribution < -0.4 is 0 Å². The van der Waals surface area contributed by atoms with Gasteiger partial charge in [-0.2, -0.15) is 0 Å². The van der Waals surface area contributed by atoms with Crippen molar-refractivity contribution in [3.05, 3.63) is 70.3 Å². The molecule has 0 saturated carbocycles. The van der Waals surface area contributed by atoms with Gasteiger partial charge in [-0.3, -0.25) is 24.0 Å². The number of carbonyl (C=O) groups is 2. The predicted octanol–water partition coefficient (Wildman–Crippen LogP) is 2.86. The van der Waals surface area contributed by atoms with Crippen molar-refractivity contribution >= 4 is 28.5 Å². The van der Waals surface area contributed by atoms with Crippen molar-refractivity contribution in [3.8, 4) is 0 Å². The molecule has 11 heteroatoms. The van der Waals surface area contributed by atoms with Crippen LogP contribution in [0.3, 0.4) is 0 Å². The first-order chi connectivity index (χ1) is 17.3. The number of hydrogen-bond donors (Lipinski definition) is 1. The number of benzene rings is 2. The molecule has 2 fully saturated rings. The number of carbonyl (C=O) groups excluding carboxylic acids is 2. The summed E-state index contributed by atoms with van der Waals surface area (Å²) in [7, 11) is -1.59. The molecule has 2 amide bonds. The minimum absolute atomic E-state index is 0.0975. The van der Waals surface area contributed by atoms with Crippen molar-refractivity contribution < 1.29 is 28.6 Å². The van der Waals surface area contributed by atoms with E-state index in [1.807, 2.05) is 30.3 Å². The third-order valence-electron chi connectivity index (χ3n) is 6.64. The third kappa shape index (κ3) is 5.90. The Bertz CT molecular complexity index is 1110. The molecule has 10 nitrogen and oxygen atoms in total. The van der Waals surface area contributed by atoms with E-state index in [0.29, 0.717) is 43.7 Å². The van der Waals surface area contributed by atoms with E-state index < -0.39 is 40.0 Å². The van der Waals surface area contributed by atoms with Gasteiger partial charge in [-0.15, -0.1) is 0 Å². The minimum Gasteiger partial charge on any atom is -0.445 e. The van der Waals surface area contributed by atoms with E-state index in [-0.39, 0.29) is 24.0 Å². The number of non-ortho nitro benzene ring substituents is 1. The molecule has 2 aliphatic rings. The summed E-state index contributed by atoms with van der Waals surface area (Å²) in [5.41, 5.74) is 0.754. The first-order valence-corrected chi connectivity index (χ1v) is 13.3. The molecule has 0 radical (unpaired) electrons. The Morgan fingerprint density at radius 3 is 2.42 bits per heavy atom. The summed E-state index contributed by atoms with van der Waals surface area (Å²) >= 11 is 0. The van der Waals surface area contributed by atoms with Crippen molar-refractivity contribution in [2.45, 2.75) is 55.4 Å². The Morgan fingerprint density at radius 2 is 1.72 bits per heavy atom. The number of hydrogen-bond acceptors (Lipinski definition) is 7. The third-order valence-corrected chi connectivity index (χ3v) is 8.08. The van der Waals surface area contributed by atoms with Gasteiger partial charge in [0.15, 0.2) is 0 Å². The molecule has 4 rings (SSSR count). The molecule has 192 valence electrons. The van der Waals surface area contributed by atoms with Gasteiger partial charge in [0, 0.05) is 30.1 Å². The first-order valence-electron chi connectivity index (χ1n) is 11.9. The maximum absolute atomic E-state index is 13.4. The van der Waals surface area contributed by atoms with Crippen LogP contribution in [0.15, 0.2) is 59.5 Å². The normalized spacial score (nSPS) is 21.2. The van der Waals surface area contributed by atoms with Gasteiger partial charge in [-0.25, -0.2) is 4.79 Å². The molecule has 0 aliphatic carbocycles. The maximum atomic E-state index is 13.4. The Balaban J connectivity index is 1.36. The number of aliphatic hydroxyl groups is 1. The van der Waals surface area contributed by atoms with Crippen LogP contribution in [0.2, 0.25) is 0 Å². The summed E-state index contributed by atoms with van der Waals surface area (Å²) in [5, 5.41) is 21.7. The monoisotopic (exact) mass is 515 g/mol. The van der Waals surface area contributed by atoms with Crippen LogP contribution in [0.4, 0.5) is 10.5 Å². The van der Waals surface area contributed by atoms with Gasteiger partial charge in [0.05, 0.1) is 33.6 Å². The molecule has 0 spiro atoms. The van der Waals surface area contributed by atoms with Crippen molar-refractivity contribution in [3.63, 3.8) is 0 Å². The van der Waals surface area contributed by atoms with E-state index in [9.17, 15) is 29.0 Å². The highest BCUT2D eigenvalue weighted by atomic mass is 32.2. The van der Waals surface area contributed by atoms with E-state index in [0.717, 1.165) is 5.56 Å².